The Morgan fingerprint density at radius 2 is 2.41 bits per heavy atom. The van der Waals surface area contributed by atoms with Crippen molar-refractivity contribution >= 4 is 17.3 Å². The van der Waals surface area contributed by atoms with Crippen molar-refractivity contribution in [2.75, 3.05) is 11.9 Å². The van der Waals surface area contributed by atoms with Crippen molar-refractivity contribution in [3.63, 3.8) is 0 Å². The van der Waals surface area contributed by atoms with Gasteiger partial charge in [0.2, 0.25) is 0 Å². The molecule has 90 valence electrons. The predicted molar refractivity (Wildman–Crippen MR) is 63.2 cm³/mol. The number of carboxylic acids is 1. The van der Waals surface area contributed by atoms with Crippen LogP contribution in [0.15, 0.2) is 18.3 Å². The fourth-order valence-electron chi connectivity index (χ4n) is 1.51. The number of carboxylic acid groups (broad SMARTS) is 1. The van der Waals surface area contributed by atoms with E-state index in [9.17, 15) is 4.79 Å². The largest absolute Gasteiger partial charge is 0.481 e. The van der Waals surface area contributed by atoms with E-state index in [2.05, 4.69) is 15.4 Å². The maximum Gasteiger partial charge on any atom is 0.314 e. The zero-order valence-corrected chi connectivity index (χ0v) is 9.71. The molecular weight excluding hydrogens is 220 g/mol. The highest BCUT2D eigenvalue weighted by Gasteiger charge is 2.18. The van der Waals surface area contributed by atoms with Crippen LogP contribution < -0.4 is 5.32 Å². The summed E-state index contributed by atoms with van der Waals surface area (Å²) < 4.78 is 1.58. The second-order valence-electron chi connectivity index (χ2n) is 3.78. The molecule has 2 heterocycles. The second-order valence-corrected chi connectivity index (χ2v) is 3.78. The molecule has 6 nitrogen and oxygen atoms in total. The van der Waals surface area contributed by atoms with E-state index in [1.165, 1.54) is 0 Å². The highest BCUT2D eigenvalue weighted by molar-refractivity contribution is 5.74. The number of aromatic nitrogens is 3. The smallest absolute Gasteiger partial charge is 0.314 e. The Labute approximate surface area is 98.3 Å². The average Bonchev–Trinajstić information content (AvgIpc) is 2.71. The molecular formula is C11H14N4O2. The van der Waals surface area contributed by atoms with Gasteiger partial charge in [0, 0.05) is 24.5 Å². The molecule has 0 spiro atoms. The summed E-state index contributed by atoms with van der Waals surface area (Å²) in [6.45, 7) is 4.40. The van der Waals surface area contributed by atoms with Crippen LogP contribution in [0, 0.1) is 0 Å². The van der Waals surface area contributed by atoms with Crippen molar-refractivity contribution in [1.29, 1.82) is 0 Å². The number of fused-ring (bicyclic) bond motifs is 1. The van der Waals surface area contributed by atoms with Crippen LogP contribution in [-0.2, 0) is 4.79 Å². The zero-order valence-electron chi connectivity index (χ0n) is 9.71. The molecule has 1 atom stereocenters. The van der Waals surface area contributed by atoms with Crippen LogP contribution in [0.4, 0.5) is 5.69 Å². The quantitative estimate of drug-likeness (QED) is 0.834. The lowest BCUT2D eigenvalue weighted by Gasteiger charge is -2.01. The third-order valence-corrected chi connectivity index (χ3v) is 2.49. The minimum Gasteiger partial charge on any atom is -0.481 e. The second kappa shape index (κ2) is 4.40. The van der Waals surface area contributed by atoms with Gasteiger partial charge in [0.05, 0.1) is 0 Å². The minimum absolute atomic E-state index is 0.325. The molecule has 0 saturated carbocycles. The van der Waals surface area contributed by atoms with Crippen LogP contribution in [0.2, 0.25) is 0 Å². The molecule has 0 amide bonds. The van der Waals surface area contributed by atoms with Crippen LogP contribution in [0.5, 0.6) is 0 Å². The Morgan fingerprint density at radius 3 is 3.06 bits per heavy atom. The molecule has 2 aromatic heterocycles. The highest BCUT2D eigenvalue weighted by Crippen LogP contribution is 2.15. The van der Waals surface area contributed by atoms with Gasteiger partial charge < -0.3 is 10.4 Å². The zero-order chi connectivity index (χ0) is 12.4. The van der Waals surface area contributed by atoms with Crippen molar-refractivity contribution in [2.24, 2.45) is 0 Å². The molecule has 0 aliphatic carbocycles. The van der Waals surface area contributed by atoms with Crippen molar-refractivity contribution in [3.8, 4) is 0 Å². The van der Waals surface area contributed by atoms with Gasteiger partial charge in [-0.3, -0.25) is 4.79 Å². The van der Waals surface area contributed by atoms with Crippen LogP contribution in [-0.4, -0.2) is 32.2 Å². The Morgan fingerprint density at radius 1 is 1.65 bits per heavy atom. The van der Waals surface area contributed by atoms with E-state index < -0.39 is 11.9 Å². The number of carbonyl (C=O) groups is 1. The SMILES string of the molecule is CCNc1ccn2nc(C(C)C(=O)O)nc2c1. The van der Waals surface area contributed by atoms with Crippen molar-refractivity contribution in [3.05, 3.63) is 24.2 Å². The molecule has 0 aromatic carbocycles. The highest BCUT2D eigenvalue weighted by atomic mass is 16.4. The fourth-order valence-corrected chi connectivity index (χ4v) is 1.51. The van der Waals surface area contributed by atoms with E-state index >= 15 is 0 Å². The lowest BCUT2D eigenvalue weighted by Crippen LogP contribution is -2.09. The van der Waals surface area contributed by atoms with Crippen LogP contribution in [0.1, 0.15) is 25.6 Å². The van der Waals surface area contributed by atoms with Gasteiger partial charge in [0.25, 0.3) is 0 Å². The minimum atomic E-state index is -0.923. The Hall–Kier alpha value is -2.11. The van der Waals surface area contributed by atoms with Crippen molar-refractivity contribution < 1.29 is 9.90 Å². The molecule has 2 N–H and O–H groups in total. The molecule has 17 heavy (non-hydrogen) atoms. The van der Waals surface area contributed by atoms with Crippen LogP contribution in [0.25, 0.3) is 5.65 Å². The van der Waals surface area contributed by atoms with E-state index in [1.807, 2.05) is 19.1 Å². The number of aliphatic carboxylic acids is 1. The maximum atomic E-state index is 10.8. The molecule has 0 aliphatic rings. The summed E-state index contributed by atoms with van der Waals surface area (Å²) in [4.78, 5) is 15.1. The number of rotatable bonds is 4. The third-order valence-electron chi connectivity index (χ3n) is 2.49. The summed E-state index contributed by atoms with van der Waals surface area (Å²) in [6, 6.07) is 3.72. The van der Waals surface area contributed by atoms with Gasteiger partial charge in [0.1, 0.15) is 5.92 Å². The summed E-state index contributed by atoms with van der Waals surface area (Å²) in [5.74, 6) is -1.29. The summed E-state index contributed by atoms with van der Waals surface area (Å²) >= 11 is 0. The Kier molecular flexibility index (Phi) is 2.95. The van der Waals surface area contributed by atoms with Crippen LogP contribution in [0.3, 0.4) is 0 Å². The molecule has 0 aliphatic heterocycles. The standard InChI is InChI=1S/C11H14N4O2/c1-3-12-8-4-5-15-9(6-8)13-10(14-15)7(2)11(16)17/h4-7,12H,3H2,1-2H3,(H,16,17). The van der Waals surface area contributed by atoms with Gasteiger partial charge in [-0.25, -0.2) is 9.50 Å². The van der Waals surface area contributed by atoms with E-state index in [4.69, 9.17) is 5.11 Å². The summed E-state index contributed by atoms with van der Waals surface area (Å²) in [5, 5.41) is 16.2. The first-order valence-electron chi connectivity index (χ1n) is 5.45. The lowest BCUT2D eigenvalue weighted by molar-refractivity contribution is -0.138. The van der Waals surface area contributed by atoms with Gasteiger partial charge in [0.15, 0.2) is 11.5 Å². The topological polar surface area (TPSA) is 79.5 Å². The maximum absolute atomic E-state index is 10.8. The number of anilines is 1. The van der Waals surface area contributed by atoms with Crippen LogP contribution >= 0.6 is 0 Å². The Bertz CT molecular complexity index is 549. The molecule has 2 rings (SSSR count). The van der Waals surface area contributed by atoms with Crippen molar-refractivity contribution in [1.82, 2.24) is 14.6 Å². The van der Waals surface area contributed by atoms with Gasteiger partial charge >= 0.3 is 5.97 Å². The summed E-state index contributed by atoms with van der Waals surface area (Å²) in [6.07, 6.45) is 1.76. The normalized spacial score (nSPS) is 12.6. The average molecular weight is 234 g/mol. The molecule has 0 bridgehead atoms. The molecule has 0 radical (unpaired) electrons. The first kappa shape index (κ1) is 11.4. The molecule has 2 aromatic rings. The fraction of sp³-hybridized carbons (Fsp3) is 0.364. The molecule has 6 heteroatoms. The van der Waals surface area contributed by atoms with Gasteiger partial charge in [-0.2, -0.15) is 5.10 Å². The van der Waals surface area contributed by atoms with Gasteiger partial charge in [-0.1, -0.05) is 0 Å². The first-order valence-corrected chi connectivity index (χ1v) is 5.45. The van der Waals surface area contributed by atoms with E-state index in [1.54, 1.807) is 17.6 Å². The number of hydrogen-bond donors (Lipinski definition) is 2. The number of pyridine rings is 1. The van der Waals surface area contributed by atoms with Gasteiger partial charge in [-0.15, -0.1) is 0 Å². The van der Waals surface area contributed by atoms with Crippen molar-refractivity contribution in [2.45, 2.75) is 19.8 Å². The summed E-state index contributed by atoms with van der Waals surface area (Å²) in [7, 11) is 0. The molecule has 0 fully saturated rings. The predicted octanol–water partition coefficient (Wildman–Crippen LogP) is 1.35. The number of nitrogens with zero attached hydrogens (tertiary/aromatic N) is 3. The first-order chi connectivity index (χ1) is 8.11. The monoisotopic (exact) mass is 234 g/mol. The Balaban J connectivity index is 2.40. The summed E-state index contributed by atoms with van der Waals surface area (Å²) in [5.41, 5.74) is 1.59. The van der Waals surface area contributed by atoms with E-state index in [0.717, 1.165) is 12.2 Å². The molecule has 1 unspecified atom stereocenters. The van der Waals surface area contributed by atoms with Gasteiger partial charge in [-0.05, 0) is 19.9 Å². The third kappa shape index (κ3) is 2.20. The van der Waals surface area contributed by atoms with E-state index in [-0.39, 0.29) is 0 Å². The number of nitrogens with one attached hydrogen (secondary N) is 1. The lowest BCUT2D eigenvalue weighted by atomic mass is 10.2. The molecule has 0 saturated heterocycles. The number of hydrogen-bond acceptors (Lipinski definition) is 4. The van der Waals surface area contributed by atoms with E-state index in [0.29, 0.717) is 11.5 Å².